The van der Waals surface area contributed by atoms with Crippen LogP contribution in [0.3, 0.4) is 0 Å². The lowest BCUT2D eigenvalue weighted by molar-refractivity contribution is -0.137. The molecule has 2 aromatic heterocycles. The van der Waals surface area contributed by atoms with Crippen molar-refractivity contribution in [1.82, 2.24) is 14.9 Å². The van der Waals surface area contributed by atoms with E-state index >= 15 is 0 Å². The van der Waals surface area contributed by atoms with Crippen molar-refractivity contribution in [3.63, 3.8) is 0 Å². The van der Waals surface area contributed by atoms with E-state index in [9.17, 15) is 18.0 Å². The summed E-state index contributed by atoms with van der Waals surface area (Å²) in [4.78, 5) is 25.8. The summed E-state index contributed by atoms with van der Waals surface area (Å²) >= 11 is 1.18. The first kappa shape index (κ1) is 21.1. The number of alkyl halides is 3. The number of nitrogens with zero attached hydrogens (tertiary/aromatic N) is 4. The van der Waals surface area contributed by atoms with Gasteiger partial charge in [-0.15, -0.1) is 11.3 Å². The van der Waals surface area contributed by atoms with E-state index < -0.39 is 11.7 Å². The molecule has 6 nitrogen and oxygen atoms in total. The Kier molecular flexibility index (Phi) is 5.81. The third-order valence-electron chi connectivity index (χ3n) is 5.02. The van der Waals surface area contributed by atoms with Gasteiger partial charge in [0.05, 0.1) is 18.9 Å². The van der Waals surface area contributed by atoms with Crippen molar-refractivity contribution in [3.8, 4) is 16.3 Å². The second-order valence-corrected chi connectivity index (χ2v) is 7.97. The number of thiazole rings is 1. The van der Waals surface area contributed by atoms with Crippen LogP contribution < -0.4 is 9.64 Å². The van der Waals surface area contributed by atoms with Crippen molar-refractivity contribution in [2.45, 2.75) is 6.18 Å². The molecule has 10 heteroatoms. The highest BCUT2D eigenvalue weighted by atomic mass is 32.1. The normalized spacial score (nSPS) is 14.6. The van der Waals surface area contributed by atoms with E-state index in [4.69, 9.17) is 4.74 Å². The Labute approximate surface area is 180 Å². The summed E-state index contributed by atoms with van der Waals surface area (Å²) in [7, 11) is 1.60. The highest BCUT2D eigenvalue weighted by Crippen LogP contribution is 2.32. The Balaban J connectivity index is 1.40. The van der Waals surface area contributed by atoms with Crippen LogP contribution in [0.15, 0.2) is 48.8 Å². The Morgan fingerprint density at radius 2 is 1.77 bits per heavy atom. The molecule has 3 heterocycles. The molecule has 1 amide bonds. The standard InChI is InChI=1S/C21H19F3N4O2S/c1-30-16-6-7-25-18(12-16)27-8-10-28(11-9-27)20(29)17-13-26-19(31-17)14-2-4-15(5-3-14)21(22,23)24/h2-7,12-13H,8-11H2,1H3. The van der Waals surface area contributed by atoms with Gasteiger partial charge in [0.1, 0.15) is 21.5 Å². The van der Waals surface area contributed by atoms with Crippen LogP contribution in [0.5, 0.6) is 5.75 Å². The predicted molar refractivity (Wildman–Crippen MR) is 111 cm³/mol. The van der Waals surface area contributed by atoms with E-state index in [-0.39, 0.29) is 5.91 Å². The number of rotatable bonds is 4. The fraction of sp³-hybridized carbons (Fsp3) is 0.286. The van der Waals surface area contributed by atoms with Gasteiger partial charge < -0.3 is 14.5 Å². The SMILES string of the molecule is COc1ccnc(N2CCN(C(=O)c3cnc(-c4ccc(C(F)(F)F)cc4)s3)CC2)c1. The quantitative estimate of drug-likeness (QED) is 0.599. The molecule has 1 aromatic carbocycles. The molecule has 162 valence electrons. The summed E-state index contributed by atoms with van der Waals surface area (Å²) in [6.07, 6.45) is -1.22. The van der Waals surface area contributed by atoms with E-state index in [1.807, 2.05) is 6.07 Å². The summed E-state index contributed by atoms with van der Waals surface area (Å²) < 4.78 is 43.4. The smallest absolute Gasteiger partial charge is 0.416 e. The van der Waals surface area contributed by atoms with E-state index in [2.05, 4.69) is 14.9 Å². The molecular weight excluding hydrogens is 429 g/mol. The molecule has 31 heavy (non-hydrogen) atoms. The minimum absolute atomic E-state index is 0.131. The van der Waals surface area contributed by atoms with Crippen LogP contribution >= 0.6 is 11.3 Å². The van der Waals surface area contributed by atoms with Crippen molar-refractivity contribution >= 4 is 23.1 Å². The van der Waals surface area contributed by atoms with Gasteiger partial charge in [0.25, 0.3) is 5.91 Å². The zero-order chi connectivity index (χ0) is 22.0. The van der Waals surface area contributed by atoms with Gasteiger partial charge in [-0.2, -0.15) is 13.2 Å². The number of hydrogen-bond acceptors (Lipinski definition) is 6. The topological polar surface area (TPSA) is 58.6 Å². The van der Waals surface area contributed by atoms with Crippen molar-refractivity contribution in [2.24, 2.45) is 0 Å². The largest absolute Gasteiger partial charge is 0.497 e. The molecule has 0 radical (unpaired) electrons. The van der Waals surface area contributed by atoms with Gasteiger partial charge >= 0.3 is 6.18 Å². The van der Waals surface area contributed by atoms with Gasteiger partial charge in [0, 0.05) is 44.0 Å². The number of hydrogen-bond donors (Lipinski definition) is 0. The molecule has 0 spiro atoms. The first-order valence-corrected chi connectivity index (χ1v) is 10.3. The summed E-state index contributed by atoms with van der Waals surface area (Å²) in [6.45, 7) is 2.34. The zero-order valence-corrected chi connectivity index (χ0v) is 17.4. The molecule has 0 bridgehead atoms. The highest BCUT2D eigenvalue weighted by molar-refractivity contribution is 7.16. The molecule has 1 fully saturated rings. The van der Waals surface area contributed by atoms with Crippen molar-refractivity contribution < 1.29 is 22.7 Å². The number of anilines is 1. The van der Waals surface area contributed by atoms with Gasteiger partial charge in [-0.25, -0.2) is 9.97 Å². The minimum atomic E-state index is -4.38. The molecular formula is C21H19F3N4O2S. The summed E-state index contributed by atoms with van der Waals surface area (Å²) in [5, 5.41) is 0.510. The number of carbonyl (C=O) groups is 1. The molecule has 1 aliphatic heterocycles. The van der Waals surface area contributed by atoms with Crippen molar-refractivity contribution in [3.05, 3.63) is 59.2 Å². The van der Waals surface area contributed by atoms with Crippen molar-refractivity contribution in [1.29, 1.82) is 0 Å². The van der Waals surface area contributed by atoms with Gasteiger partial charge in [-0.05, 0) is 18.2 Å². The van der Waals surface area contributed by atoms with Gasteiger partial charge in [0.15, 0.2) is 0 Å². The first-order valence-electron chi connectivity index (χ1n) is 9.53. The molecule has 0 aliphatic carbocycles. The van der Waals surface area contributed by atoms with Crippen LogP contribution in [0.4, 0.5) is 19.0 Å². The van der Waals surface area contributed by atoms with Crippen LogP contribution in [0.2, 0.25) is 0 Å². The van der Waals surface area contributed by atoms with Gasteiger partial charge in [-0.1, -0.05) is 12.1 Å². The number of aromatic nitrogens is 2. The van der Waals surface area contributed by atoms with Crippen LogP contribution in [0.1, 0.15) is 15.2 Å². The molecule has 4 rings (SSSR count). The number of pyridine rings is 1. The second-order valence-electron chi connectivity index (χ2n) is 6.94. The maximum atomic E-state index is 12.9. The summed E-state index contributed by atoms with van der Waals surface area (Å²) in [5.41, 5.74) is -0.168. The van der Waals surface area contributed by atoms with Crippen molar-refractivity contribution in [2.75, 3.05) is 38.2 Å². The average molecular weight is 448 g/mol. The molecule has 0 N–H and O–H groups in total. The summed E-state index contributed by atoms with van der Waals surface area (Å²) in [5.74, 6) is 1.40. The van der Waals surface area contributed by atoms with E-state index in [0.717, 1.165) is 23.7 Å². The second kappa shape index (κ2) is 8.54. The Morgan fingerprint density at radius 3 is 2.42 bits per heavy atom. The number of ether oxygens (including phenoxy) is 1. The van der Waals surface area contributed by atoms with Crippen LogP contribution in [0.25, 0.3) is 10.6 Å². The van der Waals surface area contributed by atoms with Gasteiger partial charge in [0.2, 0.25) is 0 Å². The number of halogens is 3. The zero-order valence-electron chi connectivity index (χ0n) is 16.6. The Bertz CT molecular complexity index is 1060. The minimum Gasteiger partial charge on any atom is -0.497 e. The van der Waals surface area contributed by atoms with E-state index in [0.29, 0.717) is 41.6 Å². The third kappa shape index (κ3) is 4.63. The summed E-state index contributed by atoms with van der Waals surface area (Å²) in [6, 6.07) is 8.41. The maximum absolute atomic E-state index is 12.9. The first-order chi connectivity index (χ1) is 14.8. The lowest BCUT2D eigenvalue weighted by atomic mass is 10.1. The number of carbonyl (C=O) groups excluding carboxylic acids is 1. The molecule has 1 aliphatic rings. The molecule has 3 aromatic rings. The Morgan fingerprint density at radius 1 is 1.06 bits per heavy atom. The number of benzene rings is 1. The fourth-order valence-electron chi connectivity index (χ4n) is 3.30. The van der Waals surface area contributed by atoms with Crippen LogP contribution in [-0.4, -0.2) is 54.1 Å². The average Bonchev–Trinajstić information content (AvgIpc) is 3.28. The lowest BCUT2D eigenvalue weighted by Gasteiger charge is -2.35. The van der Waals surface area contributed by atoms with Crippen LogP contribution in [0, 0.1) is 0 Å². The number of methoxy groups -OCH3 is 1. The maximum Gasteiger partial charge on any atom is 0.416 e. The molecule has 0 saturated carbocycles. The fourth-order valence-corrected chi connectivity index (χ4v) is 4.19. The van der Waals surface area contributed by atoms with Gasteiger partial charge in [-0.3, -0.25) is 4.79 Å². The van der Waals surface area contributed by atoms with E-state index in [1.54, 1.807) is 24.3 Å². The van der Waals surface area contributed by atoms with Crippen LogP contribution in [-0.2, 0) is 6.18 Å². The predicted octanol–water partition coefficient (Wildman–Crippen LogP) is 4.19. The molecule has 0 unspecified atom stereocenters. The molecule has 0 atom stereocenters. The highest BCUT2D eigenvalue weighted by Gasteiger charge is 2.30. The number of piperazine rings is 1. The monoisotopic (exact) mass is 448 g/mol. The van der Waals surface area contributed by atoms with E-state index in [1.165, 1.54) is 29.7 Å². The third-order valence-corrected chi connectivity index (χ3v) is 6.05. The molecule has 1 saturated heterocycles. The number of amides is 1. The Hall–Kier alpha value is -3.14. The lowest BCUT2D eigenvalue weighted by Crippen LogP contribution is -2.48.